The van der Waals surface area contributed by atoms with Gasteiger partial charge in [-0.15, -0.1) is 0 Å². The number of carbonyl (C=O) groups excluding carboxylic acids is 1. The first kappa shape index (κ1) is 25.2. The molecule has 0 aromatic carbocycles. The molecule has 208 valence electrons. The summed E-state index contributed by atoms with van der Waals surface area (Å²) in [4.78, 5) is 18.8. The molecule has 6 atom stereocenters. The van der Waals surface area contributed by atoms with Crippen molar-refractivity contribution in [1.82, 2.24) is 31.3 Å². The first-order chi connectivity index (χ1) is 18.0. The van der Waals surface area contributed by atoms with E-state index in [1.807, 2.05) is 0 Å². The van der Waals surface area contributed by atoms with Crippen molar-refractivity contribution in [3.05, 3.63) is 0 Å². The van der Waals surface area contributed by atoms with Gasteiger partial charge in [0.05, 0.1) is 32.1 Å². The Bertz CT molecular complexity index is 842. The molecule has 6 unspecified atom stereocenters. The minimum Gasteiger partial charge on any atom is -0.380 e. The monoisotopic (exact) mass is 514 g/mol. The molecule has 0 aromatic heterocycles. The molecular weight excluding hydrogens is 464 g/mol. The molecule has 8 nitrogen and oxygen atoms in total. The lowest BCUT2D eigenvalue weighted by atomic mass is 9.64. The van der Waals surface area contributed by atoms with E-state index in [4.69, 9.17) is 4.74 Å². The summed E-state index contributed by atoms with van der Waals surface area (Å²) in [5.41, 5.74) is 7.68. The molecule has 7 fully saturated rings. The first-order valence-corrected chi connectivity index (χ1v) is 15.5. The summed E-state index contributed by atoms with van der Waals surface area (Å²) in [6.07, 6.45) is 15.5. The summed E-state index contributed by atoms with van der Waals surface area (Å²) in [5, 5.41) is 7.40. The second kappa shape index (κ2) is 10.0. The van der Waals surface area contributed by atoms with E-state index in [2.05, 4.69) is 38.3 Å². The predicted molar refractivity (Wildman–Crippen MR) is 143 cm³/mol. The second-order valence-corrected chi connectivity index (χ2v) is 14.4. The third-order valence-corrected chi connectivity index (χ3v) is 11.5. The molecule has 1 spiro atoms. The Morgan fingerprint density at radius 3 is 2.62 bits per heavy atom. The minimum atomic E-state index is -0.00868. The van der Waals surface area contributed by atoms with Gasteiger partial charge >= 0.3 is 0 Å². The van der Waals surface area contributed by atoms with Crippen molar-refractivity contribution in [3.8, 4) is 0 Å². The zero-order valence-corrected chi connectivity index (χ0v) is 23.0. The Labute approximate surface area is 223 Å². The lowest BCUT2D eigenvalue weighted by Crippen LogP contribution is -2.58. The maximum absolute atomic E-state index is 13.7. The van der Waals surface area contributed by atoms with Crippen LogP contribution in [0.25, 0.3) is 0 Å². The van der Waals surface area contributed by atoms with Crippen LogP contribution in [0.2, 0.25) is 0 Å². The van der Waals surface area contributed by atoms with Crippen molar-refractivity contribution in [2.75, 3.05) is 46.6 Å². The normalized spacial score (nSPS) is 41.5. The number of likely N-dealkylation sites (tertiary alicyclic amines) is 1. The lowest BCUT2D eigenvalue weighted by molar-refractivity contribution is -0.166. The van der Waals surface area contributed by atoms with E-state index < -0.39 is 0 Å². The number of hydrogen-bond acceptors (Lipinski definition) is 7. The van der Waals surface area contributed by atoms with E-state index in [9.17, 15) is 4.79 Å². The molecule has 7 aliphatic rings. The number of hydrogen-bond donors (Lipinski definition) is 4. The maximum atomic E-state index is 13.7. The van der Waals surface area contributed by atoms with Crippen molar-refractivity contribution < 1.29 is 9.53 Å². The molecule has 0 bridgehead atoms. The van der Waals surface area contributed by atoms with Crippen LogP contribution in [0.4, 0.5) is 0 Å². The summed E-state index contributed by atoms with van der Waals surface area (Å²) in [6, 6.07) is 0.850. The molecule has 7 rings (SSSR count). The molecule has 37 heavy (non-hydrogen) atoms. The highest BCUT2D eigenvalue weighted by Crippen LogP contribution is 2.53. The number of amides is 1. The van der Waals surface area contributed by atoms with E-state index in [1.54, 1.807) is 0 Å². The van der Waals surface area contributed by atoms with Gasteiger partial charge in [0.15, 0.2) is 0 Å². The zero-order valence-electron chi connectivity index (χ0n) is 23.0. The molecule has 0 radical (unpaired) electrons. The van der Waals surface area contributed by atoms with Gasteiger partial charge in [-0.05, 0) is 107 Å². The van der Waals surface area contributed by atoms with Crippen molar-refractivity contribution >= 4 is 5.91 Å². The molecule has 8 heteroatoms. The van der Waals surface area contributed by atoms with Crippen LogP contribution in [0, 0.1) is 28.6 Å². The Balaban J connectivity index is 0.956. The van der Waals surface area contributed by atoms with Crippen LogP contribution in [0.15, 0.2) is 0 Å². The van der Waals surface area contributed by atoms with E-state index in [0.717, 1.165) is 51.5 Å². The van der Waals surface area contributed by atoms with Gasteiger partial charge < -0.3 is 20.3 Å². The van der Waals surface area contributed by atoms with Gasteiger partial charge in [0, 0.05) is 30.6 Å². The maximum Gasteiger partial charge on any atom is 0.237 e. The average molecular weight is 515 g/mol. The van der Waals surface area contributed by atoms with Gasteiger partial charge in [-0.25, -0.2) is 10.9 Å². The van der Waals surface area contributed by atoms with E-state index in [0.29, 0.717) is 35.5 Å². The highest BCUT2D eigenvalue weighted by atomic mass is 16.5. The van der Waals surface area contributed by atoms with Crippen LogP contribution < -0.4 is 21.5 Å². The van der Waals surface area contributed by atoms with Crippen LogP contribution in [-0.2, 0) is 9.53 Å². The van der Waals surface area contributed by atoms with Crippen molar-refractivity contribution in [2.24, 2.45) is 28.6 Å². The molecule has 1 amide bonds. The van der Waals surface area contributed by atoms with Crippen molar-refractivity contribution in [2.45, 2.75) is 101 Å². The summed E-state index contributed by atoms with van der Waals surface area (Å²) in [6.45, 7) is 6.45. The first-order valence-electron chi connectivity index (χ1n) is 15.5. The third kappa shape index (κ3) is 5.36. The van der Waals surface area contributed by atoms with Gasteiger partial charge in [0.25, 0.3) is 0 Å². The molecule has 4 saturated heterocycles. The quantitative estimate of drug-likeness (QED) is 0.395. The summed E-state index contributed by atoms with van der Waals surface area (Å²) in [5.74, 6) is 2.38. The molecule has 4 heterocycles. The van der Waals surface area contributed by atoms with Gasteiger partial charge in [-0.3, -0.25) is 9.69 Å². The number of hydrazine groups is 1. The van der Waals surface area contributed by atoms with E-state index in [-0.39, 0.29) is 17.4 Å². The topological polar surface area (TPSA) is 80.9 Å². The van der Waals surface area contributed by atoms with Crippen LogP contribution in [0.5, 0.6) is 0 Å². The average Bonchev–Trinajstić information content (AvgIpc) is 3.77. The molecule has 4 aliphatic heterocycles. The minimum absolute atomic E-state index is 0.00868. The standard InChI is InChI=1S/C29H50N6O2/c1-34-19-30-33-26(34)14-29(17-37-18-29)22-3-2-4-23(13-22)31-27(36)25-12-20(11-24(32-25)21-5-6-21)15-35-10-9-28(16-35)7-8-28/h20-26,30,32-33H,2-19H2,1H3,(H,31,36). The lowest BCUT2D eigenvalue weighted by Gasteiger charge is -2.51. The highest BCUT2D eigenvalue weighted by Gasteiger charge is 2.50. The number of rotatable bonds is 8. The number of ether oxygens (including phenoxy) is 1. The molecule has 4 N–H and O–H groups in total. The van der Waals surface area contributed by atoms with Crippen molar-refractivity contribution in [3.63, 3.8) is 0 Å². The predicted octanol–water partition coefficient (Wildman–Crippen LogP) is 2.02. The number of carbonyl (C=O) groups is 1. The summed E-state index contributed by atoms with van der Waals surface area (Å²) < 4.78 is 5.80. The molecule has 3 saturated carbocycles. The van der Waals surface area contributed by atoms with Gasteiger partial charge in [0.2, 0.25) is 5.91 Å². The van der Waals surface area contributed by atoms with Crippen molar-refractivity contribution in [1.29, 1.82) is 0 Å². The Kier molecular flexibility index (Phi) is 6.82. The highest BCUT2D eigenvalue weighted by molar-refractivity contribution is 5.82. The fourth-order valence-electron chi connectivity index (χ4n) is 8.64. The largest absolute Gasteiger partial charge is 0.380 e. The van der Waals surface area contributed by atoms with Crippen LogP contribution in [-0.4, -0.2) is 86.6 Å². The SMILES string of the molecule is CN1CNNC1CC1(C2CCCC(NC(=O)C3CC(CN4CCC5(CC5)C4)CC(C4CC4)N3)C2)COC1. The van der Waals surface area contributed by atoms with Crippen LogP contribution >= 0.6 is 0 Å². The van der Waals surface area contributed by atoms with E-state index in [1.165, 1.54) is 71.0 Å². The summed E-state index contributed by atoms with van der Waals surface area (Å²) >= 11 is 0. The van der Waals surface area contributed by atoms with Crippen LogP contribution in [0.3, 0.4) is 0 Å². The number of piperidine rings is 1. The van der Waals surface area contributed by atoms with Crippen LogP contribution in [0.1, 0.15) is 77.0 Å². The third-order valence-electron chi connectivity index (χ3n) is 11.5. The second-order valence-electron chi connectivity index (χ2n) is 14.4. The van der Waals surface area contributed by atoms with Gasteiger partial charge in [0.1, 0.15) is 0 Å². The summed E-state index contributed by atoms with van der Waals surface area (Å²) in [7, 11) is 2.18. The Morgan fingerprint density at radius 1 is 1.08 bits per heavy atom. The molecule has 0 aromatic rings. The Hall–Kier alpha value is -0.770. The van der Waals surface area contributed by atoms with Gasteiger partial charge in [-0.2, -0.15) is 0 Å². The Morgan fingerprint density at radius 2 is 1.95 bits per heavy atom. The van der Waals surface area contributed by atoms with Gasteiger partial charge in [-0.1, -0.05) is 6.42 Å². The number of nitrogens with one attached hydrogen (secondary N) is 4. The molecule has 3 aliphatic carbocycles. The smallest absolute Gasteiger partial charge is 0.237 e. The zero-order chi connectivity index (χ0) is 25.0. The fraction of sp³-hybridized carbons (Fsp3) is 0.966. The number of nitrogens with zero attached hydrogens (tertiary/aromatic N) is 2. The van der Waals surface area contributed by atoms with E-state index >= 15 is 0 Å². The molecular formula is C29H50N6O2. The fourth-order valence-corrected chi connectivity index (χ4v) is 8.64.